The van der Waals surface area contributed by atoms with E-state index in [0.717, 1.165) is 48.9 Å². The average molecular weight is 323 g/mol. The maximum atomic E-state index is 4.78. The van der Waals surface area contributed by atoms with Gasteiger partial charge in [-0.25, -0.2) is 4.98 Å². The highest BCUT2D eigenvalue weighted by Gasteiger charge is 2.17. The minimum absolute atomic E-state index is 0.771. The number of rotatable bonds is 6. The van der Waals surface area contributed by atoms with Crippen molar-refractivity contribution in [3.8, 4) is 0 Å². The summed E-state index contributed by atoms with van der Waals surface area (Å²) >= 11 is 1.72. The molecule has 124 valence electrons. The van der Waals surface area contributed by atoms with E-state index in [1.54, 1.807) is 11.3 Å². The highest BCUT2D eigenvalue weighted by Crippen LogP contribution is 2.28. The maximum absolute atomic E-state index is 4.78. The summed E-state index contributed by atoms with van der Waals surface area (Å²) in [6, 6.07) is 0. The number of nitrogens with one attached hydrogen (secondary N) is 2. The molecule has 0 unspecified atom stereocenters. The molecule has 1 heterocycles. The van der Waals surface area contributed by atoms with Gasteiger partial charge < -0.3 is 10.6 Å². The smallest absolute Gasteiger partial charge is 0.191 e. The Labute approximate surface area is 138 Å². The van der Waals surface area contributed by atoms with E-state index >= 15 is 0 Å². The van der Waals surface area contributed by atoms with Crippen molar-refractivity contribution in [1.29, 1.82) is 0 Å². The molecule has 0 aromatic carbocycles. The number of hydrogen-bond acceptors (Lipinski definition) is 3. The van der Waals surface area contributed by atoms with Crippen molar-refractivity contribution in [1.82, 2.24) is 15.6 Å². The summed E-state index contributed by atoms with van der Waals surface area (Å²) in [7, 11) is 0. The number of guanidine groups is 1. The molecule has 0 bridgehead atoms. The van der Waals surface area contributed by atoms with Crippen LogP contribution in [-0.4, -0.2) is 30.6 Å². The Bertz CT molecular complexity index is 461. The zero-order valence-electron chi connectivity index (χ0n) is 14.2. The predicted octanol–water partition coefficient (Wildman–Crippen LogP) is 3.38. The first-order valence-corrected chi connectivity index (χ1v) is 9.48. The van der Waals surface area contributed by atoms with Crippen LogP contribution in [0, 0.1) is 18.8 Å². The van der Waals surface area contributed by atoms with E-state index in [9.17, 15) is 0 Å². The van der Waals surface area contributed by atoms with Crippen LogP contribution in [0.4, 0.5) is 0 Å². The van der Waals surface area contributed by atoms with E-state index in [1.165, 1.54) is 31.4 Å². The van der Waals surface area contributed by atoms with Crippen LogP contribution in [0.25, 0.3) is 0 Å². The van der Waals surface area contributed by atoms with Crippen molar-refractivity contribution in [3.05, 3.63) is 16.1 Å². The van der Waals surface area contributed by atoms with Gasteiger partial charge in [-0.1, -0.05) is 19.8 Å². The summed E-state index contributed by atoms with van der Waals surface area (Å²) in [5.41, 5.74) is 1.17. The number of hydrogen-bond donors (Lipinski definition) is 2. The first-order valence-electron chi connectivity index (χ1n) is 8.60. The van der Waals surface area contributed by atoms with Crippen LogP contribution in [0.15, 0.2) is 10.4 Å². The summed E-state index contributed by atoms with van der Waals surface area (Å²) in [6.45, 7) is 9.28. The van der Waals surface area contributed by atoms with Gasteiger partial charge in [0.2, 0.25) is 0 Å². The maximum Gasteiger partial charge on any atom is 0.191 e. The Kier molecular flexibility index (Phi) is 7.16. The summed E-state index contributed by atoms with van der Waals surface area (Å²) in [5, 5.41) is 10.1. The second-order valence-electron chi connectivity index (χ2n) is 6.38. The third-order valence-corrected chi connectivity index (χ3v) is 5.15. The molecule has 0 radical (unpaired) electrons. The third-order valence-electron chi connectivity index (χ3n) is 4.33. The predicted molar refractivity (Wildman–Crippen MR) is 95.7 cm³/mol. The molecular weight excluding hydrogens is 292 g/mol. The molecular formula is C17H30N4S. The van der Waals surface area contributed by atoms with Gasteiger partial charge in [0.1, 0.15) is 0 Å². The Morgan fingerprint density at radius 1 is 1.32 bits per heavy atom. The lowest BCUT2D eigenvalue weighted by Gasteiger charge is -2.25. The zero-order valence-corrected chi connectivity index (χ0v) is 15.0. The normalized spacial score (nSPS) is 22.6. The van der Waals surface area contributed by atoms with Crippen molar-refractivity contribution < 1.29 is 0 Å². The Hall–Kier alpha value is -1.10. The lowest BCUT2D eigenvalue weighted by Crippen LogP contribution is -2.38. The van der Waals surface area contributed by atoms with Crippen LogP contribution < -0.4 is 10.6 Å². The standard InChI is InChI=1S/C17H30N4S/c1-4-18-17(19-10-9-16-12-22-14(3)21-16)20-11-15-7-5-13(2)6-8-15/h12-13,15H,4-11H2,1-3H3,(H2,18,19,20). The fourth-order valence-electron chi connectivity index (χ4n) is 2.91. The van der Waals surface area contributed by atoms with Gasteiger partial charge in [0.15, 0.2) is 5.96 Å². The van der Waals surface area contributed by atoms with E-state index in [4.69, 9.17) is 4.99 Å². The van der Waals surface area contributed by atoms with Crippen LogP contribution in [0.1, 0.15) is 50.2 Å². The van der Waals surface area contributed by atoms with Crippen LogP contribution in [-0.2, 0) is 6.42 Å². The van der Waals surface area contributed by atoms with E-state index in [1.807, 2.05) is 0 Å². The van der Waals surface area contributed by atoms with Gasteiger partial charge >= 0.3 is 0 Å². The van der Waals surface area contributed by atoms with Crippen molar-refractivity contribution in [2.24, 2.45) is 16.8 Å². The quantitative estimate of drug-likeness (QED) is 0.623. The van der Waals surface area contributed by atoms with Gasteiger partial charge in [0, 0.05) is 31.4 Å². The zero-order chi connectivity index (χ0) is 15.8. The lowest BCUT2D eigenvalue weighted by atomic mass is 9.83. The fourth-order valence-corrected chi connectivity index (χ4v) is 3.55. The van der Waals surface area contributed by atoms with E-state index in [0.29, 0.717) is 0 Å². The monoisotopic (exact) mass is 322 g/mol. The van der Waals surface area contributed by atoms with Gasteiger partial charge in [-0.2, -0.15) is 0 Å². The molecule has 2 rings (SSSR count). The summed E-state index contributed by atoms with van der Waals surface area (Å²) in [4.78, 5) is 9.27. The highest BCUT2D eigenvalue weighted by atomic mass is 32.1. The number of aliphatic imine (C=N–C) groups is 1. The summed E-state index contributed by atoms with van der Waals surface area (Å²) in [5.74, 6) is 2.63. The summed E-state index contributed by atoms with van der Waals surface area (Å²) in [6.07, 6.45) is 6.36. The van der Waals surface area contributed by atoms with Crippen molar-refractivity contribution >= 4 is 17.3 Å². The molecule has 1 saturated carbocycles. The van der Waals surface area contributed by atoms with E-state index < -0.39 is 0 Å². The third kappa shape index (κ3) is 5.95. The van der Waals surface area contributed by atoms with Gasteiger partial charge in [0.05, 0.1) is 10.7 Å². The van der Waals surface area contributed by atoms with E-state index in [2.05, 4.69) is 41.8 Å². The number of aryl methyl sites for hydroxylation is 1. The molecule has 2 N–H and O–H groups in total. The molecule has 1 fully saturated rings. The molecule has 22 heavy (non-hydrogen) atoms. The molecule has 0 aliphatic heterocycles. The molecule has 1 aromatic heterocycles. The van der Waals surface area contributed by atoms with Crippen molar-refractivity contribution in [2.75, 3.05) is 19.6 Å². The van der Waals surface area contributed by atoms with Gasteiger partial charge in [-0.15, -0.1) is 11.3 Å². The molecule has 1 aliphatic rings. The molecule has 0 spiro atoms. The Morgan fingerprint density at radius 3 is 2.73 bits per heavy atom. The van der Waals surface area contributed by atoms with Crippen LogP contribution in [0.3, 0.4) is 0 Å². The van der Waals surface area contributed by atoms with Crippen LogP contribution in [0.5, 0.6) is 0 Å². The molecule has 0 saturated heterocycles. The Morgan fingerprint density at radius 2 is 2.09 bits per heavy atom. The largest absolute Gasteiger partial charge is 0.357 e. The van der Waals surface area contributed by atoms with Crippen molar-refractivity contribution in [3.63, 3.8) is 0 Å². The highest BCUT2D eigenvalue weighted by molar-refractivity contribution is 7.09. The molecule has 1 aliphatic carbocycles. The van der Waals surface area contributed by atoms with Crippen molar-refractivity contribution in [2.45, 2.75) is 52.9 Å². The van der Waals surface area contributed by atoms with E-state index in [-0.39, 0.29) is 0 Å². The van der Waals surface area contributed by atoms with Gasteiger partial charge in [-0.05, 0) is 38.5 Å². The second-order valence-corrected chi connectivity index (χ2v) is 7.44. The molecule has 0 amide bonds. The first-order chi connectivity index (χ1) is 10.7. The second kappa shape index (κ2) is 9.13. The number of nitrogens with zero attached hydrogens (tertiary/aromatic N) is 2. The fraction of sp³-hybridized carbons (Fsp3) is 0.765. The minimum Gasteiger partial charge on any atom is -0.357 e. The number of thiazole rings is 1. The SMILES string of the molecule is CCNC(=NCC1CCC(C)CC1)NCCc1csc(C)n1. The molecule has 4 nitrogen and oxygen atoms in total. The molecule has 1 aromatic rings. The topological polar surface area (TPSA) is 49.3 Å². The van der Waals surface area contributed by atoms with Crippen LogP contribution in [0.2, 0.25) is 0 Å². The molecule has 0 atom stereocenters. The first kappa shape index (κ1) is 17.3. The van der Waals surface area contributed by atoms with Crippen LogP contribution >= 0.6 is 11.3 Å². The molecule has 5 heteroatoms. The Balaban J connectivity index is 1.74. The van der Waals surface area contributed by atoms with Gasteiger partial charge in [-0.3, -0.25) is 4.99 Å². The minimum atomic E-state index is 0.771. The number of aromatic nitrogens is 1. The lowest BCUT2D eigenvalue weighted by molar-refractivity contribution is 0.296. The van der Waals surface area contributed by atoms with Gasteiger partial charge in [0.25, 0.3) is 0 Å². The average Bonchev–Trinajstić information content (AvgIpc) is 2.92. The summed E-state index contributed by atoms with van der Waals surface area (Å²) < 4.78 is 0.